The molecule has 0 radical (unpaired) electrons. The molecule has 0 aliphatic carbocycles. The molecular formula is C49H36N2. The Labute approximate surface area is 299 Å². The Kier molecular flexibility index (Phi) is 8.46. The second kappa shape index (κ2) is 13.7. The minimum Gasteiger partial charge on any atom is -0.309 e. The Hall–Kier alpha value is -6.69. The summed E-state index contributed by atoms with van der Waals surface area (Å²) in [6.45, 7) is 4.00. The lowest BCUT2D eigenvalue weighted by atomic mass is 9.94. The molecule has 1 aromatic heterocycles. The molecule has 0 unspecified atom stereocenters. The first-order valence-corrected chi connectivity index (χ1v) is 17.6. The highest BCUT2D eigenvalue weighted by atomic mass is 15.0. The molecule has 0 aliphatic heterocycles. The highest BCUT2D eigenvalue weighted by molar-refractivity contribution is 6.11. The first-order chi connectivity index (χ1) is 25.2. The number of fused-ring (bicyclic) bond motifs is 4. The number of nitrogens with zero attached hydrogens (tertiary/aromatic N) is 2. The zero-order valence-corrected chi connectivity index (χ0v) is 28.7. The first-order valence-electron chi connectivity index (χ1n) is 17.6. The van der Waals surface area contributed by atoms with Gasteiger partial charge in [-0.25, -0.2) is 0 Å². The Morgan fingerprint density at radius 2 is 0.804 bits per heavy atom. The van der Waals surface area contributed by atoms with Crippen LogP contribution in [0.25, 0.3) is 82.8 Å². The van der Waals surface area contributed by atoms with Crippen molar-refractivity contribution in [3.05, 3.63) is 188 Å². The third-order valence-electron chi connectivity index (χ3n) is 9.64. The van der Waals surface area contributed by atoms with E-state index in [1.807, 2.05) is 32.0 Å². The van der Waals surface area contributed by atoms with Gasteiger partial charge in [-0.3, -0.25) is 0 Å². The molecule has 0 saturated heterocycles. The first kappa shape index (κ1) is 31.6. The largest absolute Gasteiger partial charge is 0.309 e. The molecule has 2 heteroatoms. The quantitative estimate of drug-likeness (QED) is 0.182. The van der Waals surface area contributed by atoms with E-state index in [4.69, 9.17) is 0 Å². The van der Waals surface area contributed by atoms with Crippen LogP contribution >= 0.6 is 0 Å². The van der Waals surface area contributed by atoms with Crippen molar-refractivity contribution in [2.45, 2.75) is 13.8 Å². The summed E-state index contributed by atoms with van der Waals surface area (Å²) in [6, 6.07) is 66.9. The molecule has 1 heterocycles. The molecule has 242 valence electrons. The van der Waals surface area contributed by atoms with Crippen molar-refractivity contribution in [2.75, 3.05) is 0 Å². The Bertz CT molecular complexity index is 2580. The number of nitriles is 1. The van der Waals surface area contributed by atoms with E-state index in [1.54, 1.807) is 0 Å². The summed E-state index contributed by atoms with van der Waals surface area (Å²) in [5.41, 5.74) is 13.3. The average Bonchev–Trinajstić information content (AvgIpc) is 3.55. The zero-order chi connectivity index (χ0) is 34.7. The number of hydrogen-bond acceptors (Lipinski definition) is 1. The van der Waals surface area contributed by atoms with Crippen LogP contribution in [0.2, 0.25) is 0 Å². The maximum absolute atomic E-state index is 9.89. The summed E-state index contributed by atoms with van der Waals surface area (Å²) in [5.74, 6) is 0. The summed E-state index contributed by atoms with van der Waals surface area (Å²) < 4.78 is 2.38. The maximum Gasteiger partial charge on any atom is 0.0998 e. The molecule has 9 rings (SSSR count). The predicted molar refractivity (Wildman–Crippen MR) is 216 cm³/mol. The van der Waals surface area contributed by atoms with Gasteiger partial charge >= 0.3 is 0 Å². The second-order valence-electron chi connectivity index (χ2n) is 12.5. The fourth-order valence-corrected chi connectivity index (χ4v) is 7.14. The Balaban J connectivity index is 0.00000184. The van der Waals surface area contributed by atoms with Crippen LogP contribution in [-0.4, -0.2) is 4.57 Å². The Morgan fingerprint density at radius 3 is 1.31 bits per heavy atom. The minimum absolute atomic E-state index is 0.689. The van der Waals surface area contributed by atoms with Crippen LogP contribution in [0.1, 0.15) is 19.4 Å². The van der Waals surface area contributed by atoms with Gasteiger partial charge in [0.05, 0.1) is 22.7 Å². The minimum atomic E-state index is 0.689. The van der Waals surface area contributed by atoms with Crippen molar-refractivity contribution in [1.29, 1.82) is 5.26 Å². The third-order valence-corrected chi connectivity index (χ3v) is 9.64. The van der Waals surface area contributed by atoms with E-state index in [0.717, 1.165) is 38.7 Å². The fourth-order valence-electron chi connectivity index (χ4n) is 7.14. The molecule has 0 fully saturated rings. The van der Waals surface area contributed by atoms with Crippen LogP contribution in [0.15, 0.2) is 182 Å². The molecule has 8 aromatic carbocycles. The fraction of sp³-hybridized carbons (Fsp3) is 0.0408. The third kappa shape index (κ3) is 5.86. The highest BCUT2D eigenvalue weighted by Crippen LogP contribution is 2.38. The van der Waals surface area contributed by atoms with Crippen LogP contribution in [0.5, 0.6) is 0 Å². The lowest BCUT2D eigenvalue weighted by Crippen LogP contribution is -1.94. The van der Waals surface area contributed by atoms with Gasteiger partial charge in [0, 0.05) is 22.0 Å². The predicted octanol–water partition coefficient (Wildman–Crippen LogP) is 13.5. The normalized spacial score (nSPS) is 10.9. The van der Waals surface area contributed by atoms with E-state index in [0.29, 0.717) is 5.56 Å². The van der Waals surface area contributed by atoms with Gasteiger partial charge in [-0.2, -0.15) is 5.26 Å². The van der Waals surface area contributed by atoms with Crippen LogP contribution in [-0.2, 0) is 0 Å². The molecule has 0 amide bonds. The molecular weight excluding hydrogens is 617 g/mol. The van der Waals surface area contributed by atoms with Crippen molar-refractivity contribution >= 4 is 32.6 Å². The standard InChI is InChI=1S/C47H30N2.C2H6/c48-31-41-27-37-13-7-8-14-38(37)28-43(41)36-17-15-34(16-18-36)35-19-23-42(24-20-35)49-46-25-21-39(32-9-3-1-4-10-32)29-44(46)45-30-40(22-26-47(45)49)33-11-5-2-6-12-33;1-2/h1-30H;1-2H3. The van der Waals surface area contributed by atoms with Crippen LogP contribution in [0.3, 0.4) is 0 Å². The molecule has 0 N–H and O–H groups in total. The summed E-state index contributed by atoms with van der Waals surface area (Å²) >= 11 is 0. The van der Waals surface area contributed by atoms with Gasteiger partial charge in [-0.05, 0) is 98.2 Å². The van der Waals surface area contributed by atoms with Gasteiger partial charge in [0.15, 0.2) is 0 Å². The summed E-state index contributed by atoms with van der Waals surface area (Å²) in [6.07, 6.45) is 0. The van der Waals surface area contributed by atoms with E-state index in [2.05, 4.69) is 174 Å². The van der Waals surface area contributed by atoms with Gasteiger partial charge < -0.3 is 4.57 Å². The van der Waals surface area contributed by atoms with E-state index < -0.39 is 0 Å². The van der Waals surface area contributed by atoms with Crippen LogP contribution < -0.4 is 0 Å². The summed E-state index contributed by atoms with van der Waals surface area (Å²) in [5, 5.41) is 14.6. The molecule has 0 atom stereocenters. The number of hydrogen-bond donors (Lipinski definition) is 0. The average molecular weight is 653 g/mol. The lowest BCUT2D eigenvalue weighted by Gasteiger charge is -2.11. The second-order valence-corrected chi connectivity index (χ2v) is 12.5. The van der Waals surface area contributed by atoms with Gasteiger partial charge in [-0.15, -0.1) is 0 Å². The summed E-state index contributed by atoms with van der Waals surface area (Å²) in [4.78, 5) is 0. The van der Waals surface area contributed by atoms with Gasteiger partial charge in [-0.1, -0.05) is 147 Å². The summed E-state index contributed by atoms with van der Waals surface area (Å²) in [7, 11) is 0. The SMILES string of the molecule is CC.N#Cc1cc2ccccc2cc1-c1ccc(-c2ccc(-n3c4ccc(-c5ccccc5)cc4c4cc(-c5ccccc5)ccc43)cc2)cc1. The van der Waals surface area contributed by atoms with Crippen LogP contribution in [0, 0.1) is 11.3 Å². The van der Waals surface area contributed by atoms with Gasteiger partial charge in [0.2, 0.25) is 0 Å². The number of benzene rings is 8. The van der Waals surface area contributed by atoms with Crippen molar-refractivity contribution in [1.82, 2.24) is 4.57 Å². The van der Waals surface area contributed by atoms with Gasteiger partial charge in [0.1, 0.15) is 0 Å². The Morgan fingerprint density at radius 1 is 0.392 bits per heavy atom. The molecule has 0 bridgehead atoms. The van der Waals surface area contributed by atoms with E-state index in [-0.39, 0.29) is 0 Å². The topological polar surface area (TPSA) is 28.7 Å². The molecule has 0 aliphatic rings. The van der Waals surface area contributed by atoms with Gasteiger partial charge in [0.25, 0.3) is 0 Å². The van der Waals surface area contributed by atoms with Crippen molar-refractivity contribution < 1.29 is 0 Å². The molecule has 9 aromatic rings. The highest BCUT2D eigenvalue weighted by Gasteiger charge is 2.15. The van der Waals surface area contributed by atoms with E-state index >= 15 is 0 Å². The van der Waals surface area contributed by atoms with E-state index in [9.17, 15) is 5.26 Å². The molecule has 0 spiro atoms. The lowest BCUT2D eigenvalue weighted by molar-refractivity contribution is 1.18. The number of rotatable bonds is 5. The maximum atomic E-state index is 9.89. The van der Waals surface area contributed by atoms with E-state index in [1.165, 1.54) is 44.1 Å². The monoisotopic (exact) mass is 652 g/mol. The molecule has 0 saturated carbocycles. The van der Waals surface area contributed by atoms with Crippen molar-refractivity contribution in [2.24, 2.45) is 0 Å². The van der Waals surface area contributed by atoms with Crippen molar-refractivity contribution in [3.63, 3.8) is 0 Å². The van der Waals surface area contributed by atoms with Crippen LogP contribution in [0.4, 0.5) is 0 Å². The zero-order valence-electron chi connectivity index (χ0n) is 28.7. The molecule has 51 heavy (non-hydrogen) atoms. The van der Waals surface area contributed by atoms with Crippen molar-refractivity contribution in [3.8, 4) is 56.3 Å². The number of aromatic nitrogens is 1. The smallest absolute Gasteiger partial charge is 0.0998 e. The molecule has 2 nitrogen and oxygen atoms in total.